The summed E-state index contributed by atoms with van der Waals surface area (Å²) in [6, 6.07) is 13.7. The highest BCUT2D eigenvalue weighted by Crippen LogP contribution is 2.23. The fourth-order valence-electron chi connectivity index (χ4n) is 4.18. The number of anilines is 1. The number of ether oxygens (including phenoxy) is 1. The van der Waals surface area contributed by atoms with E-state index in [1.165, 1.54) is 56.1 Å². The van der Waals surface area contributed by atoms with Gasteiger partial charge in [-0.3, -0.25) is 10.2 Å². The third-order valence-corrected chi connectivity index (χ3v) is 6.04. The Morgan fingerprint density at radius 2 is 1.67 bits per heavy atom. The Hall–Kier alpha value is -2.82. The van der Waals surface area contributed by atoms with E-state index in [1.807, 2.05) is 24.3 Å². The molecule has 0 atom stereocenters. The molecule has 0 aromatic heterocycles. The van der Waals surface area contributed by atoms with Crippen molar-refractivity contribution in [3.05, 3.63) is 59.2 Å². The van der Waals surface area contributed by atoms with Crippen LogP contribution in [-0.4, -0.2) is 18.4 Å². The molecule has 0 spiro atoms. The van der Waals surface area contributed by atoms with Gasteiger partial charge in [0.25, 0.3) is 0 Å². The molecule has 1 amide bonds. The average molecular weight is 451 g/mol. The van der Waals surface area contributed by atoms with Gasteiger partial charge < -0.3 is 4.74 Å². The van der Waals surface area contributed by atoms with Crippen molar-refractivity contribution in [1.82, 2.24) is 0 Å². The number of aryl methyl sites for hydroxylation is 2. The molecule has 1 aliphatic carbocycles. The van der Waals surface area contributed by atoms with E-state index in [1.54, 1.807) is 0 Å². The Kier molecular flexibility index (Phi) is 10.3. The fourth-order valence-corrected chi connectivity index (χ4v) is 4.18. The Balaban J connectivity index is 1.36. The maximum Gasteiger partial charge on any atom is 0.437 e. The number of unbranched alkanes of at least 4 members (excludes halogenated alkanes) is 7. The van der Waals surface area contributed by atoms with Crippen LogP contribution in [0.5, 0.6) is 5.75 Å². The summed E-state index contributed by atoms with van der Waals surface area (Å²) in [6.45, 7) is 5.06. The van der Waals surface area contributed by atoms with Crippen LogP contribution < -0.4 is 10.1 Å². The first kappa shape index (κ1) is 24.8. The highest BCUT2D eigenvalue weighted by atomic mass is 16.7. The minimum absolute atomic E-state index is 0.589. The normalized spacial score (nSPS) is 14.1. The number of carbonyl (C=O) groups excluding carboxylic acids is 1. The van der Waals surface area contributed by atoms with Gasteiger partial charge in [-0.2, -0.15) is 0 Å². The lowest BCUT2D eigenvalue weighted by molar-refractivity contribution is 0.166. The van der Waals surface area contributed by atoms with Crippen molar-refractivity contribution < 1.29 is 14.4 Å². The first-order valence-corrected chi connectivity index (χ1v) is 12.5. The average Bonchev–Trinajstić information content (AvgIpc) is 2.82. The molecule has 3 rings (SSSR count). The highest BCUT2D eigenvalue weighted by molar-refractivity contribution is 6.02. The van der Waals surface area contributed by atoms with Crippen molar-refractivity contribution in [2.75, 3.05) is 11.9 Å². The molecular weight excluding hydrogens is 412 g/mol. The molecule has 0 radical (unpaired) electrons. The number of fused-ring (bicyclic) bond motifs is 1. The summed E-state index contributed by atoms with van der Waals surface area (Å²) in [7, 11) is 0. The van der Waals surface area contributed by atoms with Crippen molar-refractivity contribution >= 4 is 17.5 Å². The summed E-state index contributed by atoms with van der Waals surface area (Å²) in [4.78, 5) is 17.3. The zero-order chi connectivity index (χ0) is 23.3. The number of carbonyl (C=O) groups is 1. The van der Waals surface area contributed by atoms with E-state index >= 15 is 0 Å². The van der Waals surface area contributed by atoms with Gasteiger partial charge in [0, 0.05) is 11.3 Å². The first-order chi connectivity index (χ1) is 16.2. The number of nitrogens with zero attached hydrogens (tertiary/aromatic N) is 1. The molecule has 0 unspecified atom stereocenters. The summed E-state index contributed by atoms with van der Waals surface area (Å²) >= 11 is 0. The molecule has 5 heteroatoms. The number of nitrogens with one attached hydrogen (secondary N) is 1. The third kappa shape index (κ3) is 8.56. The van der Waals surface area contributed by atoms with Crippen LogP contribution in [0.15, 0.2) is 47.6 Å². The second kappa shape index (κ2) is 13.7. The van der Waals surface area contributed by atoms with Crippen molar-refractivity contribution in [2.45, 2.75) is 84.5 Å². The number of benzene rings is 2. The fraction of sp³-hybridized carbons (Fsp3) is 0.500. The molecule has 2 aromatic rings. The maximum atomic E-state index is 12.2. The second-order valence-corrected chi connectivity index (χ2v) is 8.90. The van der Waals surface area contributed by atoms with Crippen LogP contribution in [0.3, 0.4) is 0 Å². The lowest BCUT2D eigenvalue weighted by Crippen LogP contribution is -2.16. The summed E-state index contributed by atoms with van der Waals surface area (Å²) in [5.74, 6) is 0.811. The molecule has 0 saturated heterocycles. The van der Waals surface area contributed by atoms with Crippen LogP contribution in [0.1, 0.15) is 87.8 Å². The molecule has 0 aliphatic heterocycles. The molecule has 178 valence electrons. The van der Waals surface area contributed by atoms with Gasteiger partial charge in [-0.25, -0.2) is 4.79 Å². The summed E-state index contributed by atoms with van der Waals surface area (Å²) in [6.07, 6.45) is 12.5. The molecule has 0 fully saturated rings. The number of oxime groups is 1. The monoisotopic (exact) mass is 450 g/mol. The molecule has 0 bridgehead atoms. The van der Waals surface area contributed by atoms with Gasteiger partial charge in [0.2, 0.25) is 0 Å². The highest BCUT2D eigenvalue weighted by Gasteiger charge is 2.16. The summed E-state index contributed by atoms with van der Waals surface area (Å²) in [5, 5.41) is 6.86. The van der Waals surface area contributed by atoms with E-state index in [0.29, 0.717) is 5.69 Å². The number of hydrogen-bond donors (Lipinski definition) is 1. The van der Waals surface area contributed by atoms with Crippen LogP contribution >= 0.6 is 0 Å². The zero-order valence-electron chi connectivity index (χ0n) is 20.2. The van der Waals surface area contributed by atoms with Gasteiger partial charge in [0.1, 0.15) is 5.75 Å². The Labute approximate surface area is 198 Å². The molecule has 1 aliphatic rings. The van der Waals surface area contributed by atoms with Gasteiger partial charge in [0.15, 0.2) is 0 Å². The van der Waals surface area contributed by atoms with Crippen LogP contribution in [0.2, 0.25) is 0 Å². The Bertz CT molecular complexity index is 906. The predicted molar refractivity (Wildman–Crippen MR) is 135 cm³/mol. The van der Waals surface area contributed by atoms with E-state index in [4.69, 9.17) is 9.57 Å². The third-order valence-electron chi connectivity index (χ3n) is 6.04. The largest absolute Gasteiger partial charge is 0.494 e. The molecule has 5 nitrogen and oxygen atoms in total. The van der Waals surface area contributed by atoms with Crippen molar-refractivity contribution in [3.8, 4) is 5.75 Å². The lowest BCUT2D eigenvalue weighted by Gasteiger charge is -2.17. The molecule has 33 heavy (non-hydrogen) atoms. The van der Waals surface area contributed by atoms with E-state index in [9.17, 15) is 4.79 Å². The predicted octanol–water partition coefficient (Wildman–Crippen LogP) is 7.80. The minimum Gasteiger partial charge on any atom is -0.494 e. The number of amides is 1. The van der Waals surface area contributed by atoms with Gasteiger partial charge in [-0.15, -0.1) is 0 Å². The van der Waals surface area contributed by atoms with Crippen LogP contribution in [0.25, 0.3) is 0 Å². The van der Waals surface area contributed by atoms with Crippen molar-refractivity contribution in [2.24, 2.45) is 5.16 Å². The summed E-state index contributed by atoms with van der Waals surface area (Å²) < 4.78 is 5.81. The number of rotatable bonds is 12. The quantitative estimate of drug-likeness (QED) is 0.204. The van der Waals surface area contributed by atoms with Gasteiger partial charge in [-0.1, -0.05) is 80.8 Å². The van der Waals surface area contributed by atoms with Gasteiger partial charge >= 0.3 is 6.09 Å². The van der Waals surface area contributed by atoms with E-state index in [2.05, 4.69) is 42.5 Å². The van der Waals surface area contributed by atoms with Gasteiger partial charge in [-0.05, 0) is 62.4 Å². The summed E-state index contributed by atoms with van der Waals surface area (Å²) in [5.41, 5.74) is 5.07. The topological polar surface area (TPSA) is 59.9 Å². The molecule has 2 aromatic carbocycles. The standard InChI is InChI=1S/C28H38N2O3/c1-3-4-5-6-7-8-9-10-20-32-25-17-15-24(16-18-25)29-28(31)33-30-27-13-11-12-23-21-22(2)14-19-26(23)27/h14-19,21H,3-13,20H2,1-2H3,(H,29,31)/b30-27-. The first-order valence-electron chi connectivity index (χ1n) is 12.5. The van der Waals surface area contributed by atoms with Crippen LogP contribution in [-0.2, 0) is 11.3 Å². The number of hydrogen-bond acceptors (Lipinski definition) is 4. The molecular formula is C28H38N2O3. The van der Waals surface area contributed by atoms with Crippen molar-refractivity contribution in [1.29, 1.82) is 0 Å². The van der Waals surface area contributed by atoms with E-state index in [-0.39, 0.29) is 0 Å². The van der Waals surface area contributed by atoms with Crippen molar-refractivity contribution in [3.63, 3.8) is 0 Å². The van der Waals surface area contributed by atoms with E-state index < -0.39 is 6.09 Å². The smallest absolute Gasteiger partial charge is 0.437 e. The minimum atomic E-state index is -0.589. The van der Waals surface area contributed by atoms with E-state index in [0.717, 1.165) is 49.3 Å². The SMILES string of the molecule is CCCCCCCCCCOc1ccc(NC(=O)O/N=C2/CCCc3cc(C)ccc32)cc1. The van der Waals surface area contributed by atoms with Crippen LogP contribution in [0, 0.1) is 6.92 Å². The van der Waals surface area contributed by atoms with Gasteiger partial charge in [0.05, 0.1) is 12.3 Å². The Morgan fingerprint density at radius 1 is 0.939 bits per heavy atom. The molecule has 1 N–H and O–H groups in total. The maximum absolute atomic E-state index is 12.2. The second-order valence-electron chi connectivity index (χ2n) is 8.90. The lowest BCUT2D eigenvalue weighted by atomic mass is 9.89. The Morgan fingerprint density at radius 3 is 2.42 bits per heavy atom. The van der Waals surface area contributed by atoms with Crippen LogP contribution in [0.4, 0.5) is 10.5 Å². The molecule has 0 saturated carbocycles. The zero-order valence-corrected chi connectivity index (χ0v) is 20.2. The molecule has 0 heterocycles.